The summed E-state index contributed by atoms with van der Waals surface area (Å²) in [7, 11) is 1.35. The number of methoxy groups -OCH3 is 1. The van der Waals surface area contributed by atoms with Crippen molar-refractivity contribution in [2.24, 2.45) is 5.92 Å². The van der Waals surface area contributed by atoms with Crippen molar-refractivity contribution in [1.29, 1.82) is 0 Å². The number of ether oxygens (including phenoxy) is 1. The third-order valence-corrected chi connectivity index (χ3v) is 5.54. The molecule has 24 heavy (non-hydrogen) atoms. The molecule has 2 rings (SSSR count). The van der Waals surface area contributed by atoms with Gasteiger partial charge in [0.1, 0.15) is 5.54 Å². The molecule has 1 unspecified atom stereocenters. The van der Waals surface area contributed by atoms with Gasteiger partial charge in [0.2, 0.25) is 5.91 Å². The maximum Gasteiger partial charge on any atom is 0.331 e. The third kappa shape index (κ3) is 4.22. The number of carbonyl (C=O) groups is 2. The Hall–Kier alpha value is -1.26. The maximum atomic E-state index is 12.6. The second-order valence-corrected chi connectivity index (χ2v) is 7.27. The fourth-order valence-corrected chi connectivity index (χ4v) is 3.94. The highest BCUT2D eigenvalue weighted by atomic mass is 35.5. The predicted octanol–water partition coefficient (Wildman–Crippen LogP) is 4.16. The number of hydrogen-bond acceptors (Lipinski definition) is 3. The van der Waals surface area contributed by atoms with Crippen LogP contribution in [0.25, 0.3) is 0 Å². The second-order valence-electron chi connectivity index (χ2n) is 6.45. The molecule has 1 aliphatic carbocycles. The average Bonchev–Trinajstić information content (AvgIpc) is 2.58. The number of amides is 1. The highest BCUT2D eigenvalue weighted by Gasteiger charge is 2.43. The normalized spacial score (nSPS) is 17.8. The Morgan fingerprint density at radius 2 is 1.79 bits per heavy atom. The summed E-state index contributed by atoms with van der Waals surface area (Å²) in [5, 5.41) is 3.77. The van der Waals surface area contributed by atoms with Gasteiger partial charge < -0.3 is 10.1 Å². The van der Waals surface area contributed by atoms with Crippen molar-refractivity contribution in [2.45, 2.75) is 51.0 Å². The zero-order chi connectivity index (χ0) is 17.7. The zero-order valence-electron chi connectivity index (χ0n) is 14.0. The summed E-state index contributed by atoms with van der Waals surface area (Å²) in [5.74, 6) is -0.624. The first-order valence-corrected chi connectivity index (χ1v) is 8.96. The minimum atomic E-state index is -1.03. The highest BCUT2D eigenvalue weighted by molar-refractivity contribution is 6.36. The first-order chi connectivity index (χ1) is 11.4. The van der Waals surface area contributed by atoms with Gasteiger partial charge in [-0.25, -0.2) is 4.79 Å². The van der Waals surface area contributed by atoms with Gasteiger partial charge in [-0.15, -0.1) is 0 Å². The van der Waals surface area contributed by atoms with E-state index in [1.165, 1.54) is 7.11 Å². The number of carbonyl (C=O) groups excluding carboxylic acids is 2. The summed E-state index contributed by atoms with van der Waals surface area (Å²) >= 11 is 12.3. The Morgan fingerprint density at radius 1 is 1.21 bits per heavy atom. The lowest BCUT2D eigenvalue weighted by atomic mass is 9.75. The predicted molar refractivity (Wildman–Crippen MR) is 95.3 cm³/mol. The molecule has 1 amide bonds. The Balaban J connectivity index is 2.16. The maximum absolute atomic E-state index is 12.6. The molecule has 1 aromatic carbocycles. The third-order valence-electron chi connectivity index (χ3n) is 4.83. The lowest BCUT2D eigenvalue weighted by Crippen LogP contribution is -2.58. The van der Waals surface area contributed by atoms with Crippen LogP contribution in [-0.2, 0) is 20.7 Å². The van der Waals surface area contributed by atoms with E-state index < -0.39 is 11.5 Å². The fourth-order valence-electron chi connectivity index (χ4n) is 3.41. The van der Waals surface area contributed by atoms with Crippen LogP contribution in [0.4, 0.5) is 0 Å². The number of benzene rings is 1. The van der Waals surface area contributed by atoms with E-state index in [0.29, 0.717) is 15.6 Å². The highest BCUT2D eigenvalue weighted by Crippen LogP contribution is 2.34. The Bertz CT molecular complexity index is 594. The van der Waals surface area contributed by atoms with Crippen molar-refractivity contribution < 1.29 is 14.3 Å². The number of nitrogens with one attached hydrogen (secondary N) is 1. The van der Waals surface area contributed by atoms with Crippen LogP contribution < -0.4 is 5.32 Å². The molecule has 0 spiro atoms. The molecule has 1 aliphatic rings. The van der Waals surface area contributed by atoms with Gasteiger partial charge in [0, 0.05) is 10.0 Å². The molecule has 0 aromatic heterocycles. The Kier molecular flexibility index (Phi) is 6.53. The minimum absolute atomic E-state index is 0.0256. The van der Waals surface area contributed by atoms with Crippen LogP contribution in [0.1, 0.15) is 44.6 Å². The van der Waals surface area contributed by atoms with Crippen molar-refractivity contribution >= 4 is 35.1 Å². The van der Waals surface area contributed by atoms with Gasteiger partial charge in [0.15, 0.2) is 0 Å². The lowest BCUT2D eigenvalue weighted by Gasteiger charge is -2.38. The van der Waals surface area contributed by atoms with E-state index in [4.69, 9.17) is 27.9 Å². The molecule has 4 nitrogen and oxygen atoms in total. The van der Waals surface area contributed by atoms with Crippen LogP contribution in [0.5, 0.6) is 0 Å². The molecule has 6 heteroatoms. The summed E-state index contributed by atoms with van der Waals surface area (Å²) in [4.78, 5) is 24.9. The average molecular weight is 372 g/mol. The van der Waals surface area contributed by atoms with Gasteiger partial charge in [-0.2, -0.15) is 0 Å². The number of rotatable bonds is 5. The van der Waals surface area contributed by atoms with Crippen molar-refractivity contribution in [3.05, 3.63) is 33.8 Å². The monoisotopic (exact) mass is 371 g/mol. The van der Waals surface area contributed by atoms with Crippen LogP contribution in [0.2, 0.25) is 10.0 Å². The molecular weight excluding hydrogens is 349 g/mol. The molecule has 1 fully saturated rings. The van der Waals surface area contributed by atoms with E-state index in [1.54, 1.807) is 25.1 Å². The molecule has 1 saturated carbocycles. The van der Waals surface area contributed by atoms with Gasteiger partial charge in [-0.3, -0.25) is 4.79 Å². The fraction of sp³-hybridized carbons (Fsp3) is 0.556. The molecule has 0 bridgehead atoms. The molecule has 132 valence electrons. The summed E-state index contributed by atoms with van der Waals surface area (Å²) in [6.07, 6.45) is 5.11. The number of hydrogen-bond donors (Lipinski definition) is 1. The number of halogens is 2. The van der Waals surface area contributed by atoms with E-state index in [9.17, 15) is 9.59 Å². The summed E-state index contributed by atoms with van der Waals surface area (Å²) in [6.45, 7) is 1.75. The lowest BCUT2D eigenvalue weighted by molar-refractivity contribution is -0.153. The Morgan fingerprint density at radius 3 is 2.33 bits per heavy atom. The molecular formula is C18H23Cl2NO3. The zero-order valence-corrected chi connectivity index (χ0v) is 15.5. The molecule has 1 aromatic rings. The van der Waals surface area contributed by atoms with Gasteiger partial charge in [0.05, 0.1) is 13.5 Å². The first kappa shape index (κ1) is 19.1. The molecule has 1 atom stereocenters. The number of esters is 1. The molecule has 0 heterocycles. The molecule has 0 radical (unpaired) electrons. The first-order valence-electron chi connectivity index (χ1n) is 8.20. The SMILES string of the molecule is COC(=O)C(C)(NC(=O)Cc1c(Cl)cccc1Cl)C1CCCCC1. The van der Waals surface area contributed by atoms with Crippen molar-refractivity contribution in [3.8, 4) is 0 Å². The van der Waals surface area contributed by atoms with Crippen LogP contribution in [0.15, 0.2) is 18.2 Å². The van der Waals surface area contributed by atoms with Gasteiger partial charge in [0.25, 0.3) is 0 Å². The van der Waals surface area contributed by atoms with Crippen molar-refractivity contribution in [1.82, 2.24) is 5.32 Å². The molecule has 1 N–H and O–H groups in total. The summed E-state index contributed by atoms with van der Waals surface area (Å²) in [5.41, 5.74) is -0.464. The van der Waals surface area contributed by atoms with Crippen molar-refractivity contribution in [3.63, 3.8) is 0 Å². The van der Waals surface area contributed by atoms with Gasteiger partial charge in [-0.1, -0.05) is 48.5 Å². The van der Waals surface area contributed by atoms with Crippen LogP contribution >= 0.6 is 23.2 Å². The van der Waals surface area contributed by atoms with Crippen LogP contribution in [0.3, 0.4) is 0 Å². The van der Waals surface area contributed by atoms with E-state index in [1.807, 2.05) is 0 Å². The largest absolute Gasteiger partial charge is 0.467 e. The standard InChI is InChI=1S/C18H23Cl2NO3/c1-18(17(23)24-2,12-7-4-3-5-8-12)21-16(22)11-13-14(19)9-6-10-15(13)20/h6,9-10,12H,3-5,7-8,11H2,1-2H3,(H,21,22). The molecule has 0 saturated heterocycles. The quantitative estimate of drug-likeness (QED) is 0.790. The van der Waals surface area contributed by atoms with E-state index in [0.717, 1.165) is 32.1 Å². The van der Waals surface area contributed by atoms with Crippen molar-refractivity contribution in [2.75, 3.05) is 7.11 Å². The minimum Gasteiger partial charge on any atom is -0.467 e. The van der Waals surface area contributed by atoms with Gasteiger partial charge in [-0.05, 0) is 43.4 Å². The van der Waals surface area contributed by atoms with E-state index in [-0.39, 0.29) is 18.2 Å². The van der Waals surface area contributed by atoms with E-state index in [2.05, 4.69) is 5.32 Å². The second kappa shape index (κ2) is 8.21. The van der Waals surface area contributed by atoms with Gasteiger partial charge >= 0.3 is 5.97 Å². The Labute approximate surface area is 152 Å². The summed E-state index contributed by atoms with van der Waals surface area (Å²) < 4.78 is 4.96. The molecule has 0 aliphatic heterocycles. The topological polar surface area (TPSA) is 55.4 Å². The summed E-state index contributed by atoms with van der Waals surface area (Å²) in [6, 6.07) is 5.11. The van der Waals surface area contributed by atoms with Crippen LogP contribution in [-0.4, -0.2) is 24.5 Å². The smallest absolute Gasteiger partial charge is 0.331 e. The van der Waals surface area contributed by atoms with E-state index >= 15 is 0 Å². The van der Waals surface area contributed by atoms with Crippen LogP contribution in [0, 0.1) is 5.92 Å².